The normalized spacial score (nSPS) is 20.5. The molecule has 0 aromatic heterocycles. The standard InChI is InChI=1S/C22H38N2/c1-9-12-20(13-10-2)16-23-18(4)21-14-11-15-24(21)19(5)17(3)22(6,7)8/h9,12-13,17,21,23H,4-5,10-11,14-16H2,1-3,6-8H3/b12-9-,20-13+. The summed E-state index contributed by atoms with van der Waals surface area (Å²) in [5, 5.41) is 3.56. The van der Waals surface area contributed by atoms with Gasteiger partial charge in [-0.15, -0.1) is 0 Å². The van der Waals surface area contributed by atoms with Crippen molar-refractivity contribution in [3.63, 3.8) is 0 Å². The minimum absolute atomic E-state index is 0.238. The van der Waals surface area contributed by atoms with E-state index in [0.717, 1.165) is 31.6 Å². The molecule has 0 bridgehead atoms. The van der Waals surface area contributed by atoms with Gasteiger partial charge in [-0.1, -0.05) is 66.0 Å². The van der Waals surface area contributed by atoms with Gasteiger partial charge in [0.25, 0.3) is 0 Å². The maximum absolute atomic E-state index is 4.42. The molecule has 0 spiro atoms. The largest absolute Gasteiger partial charge is 0.383 e. The molecule has 1 aliphatic heterocycles. The van der Waals surface area contributed by atoms with Crippen molar-refractivity contribution in [2.45, 2.75) is 66.8 Å². The summed E-state index contributed by atoms with van der Waals surface area (Å²) >= 11 is 0. The van der Waals surface area contributed by atoms with E-state index < -0.39 is 0 Å². The zero-order valence-corrected chi connectivity index (χ0v) is 16.8. The Kier molecular flexibility index (Phi) is 7.86. The average molecular weight is 331 g/mol. The third-order valence-corrected chi connectivity index (χ3v) is 5.19. The Hall–Kier alpha value is -1.44. The van der Waals surface area contributed by atoms with E-state index in [1.54, 1.807) is 0 Å². The van der Waals surface area contributed by atoms with Crippen LogP contribution in [0.25, 0.3) is 0 Å². The minimum Gasteiger partial charge on any atom is -0.383 e. The fourth-order valence-electron chi connectivity index (χ4n) is 3.23. The highest BCUT2D eigenvalue weighted by Gasteiger charge is 2.33. The Balaban J connectivity index is 2.72. The zero-order chi connectivity index (χ0) is 18.3. The summed E-state index contributed by atoms with van der Waals surface area (Å²) in [6, 6.07) is 0.371. The van der Waals surface area contributed by atoms with Gasteiger partial charge in [0.1, 0.15) is 0 Å². The van der Waals surface area contributed by atoms with Gasteiger partial charge in [-0.2, -0.15) is 0 Å². The monoisotopic (exact) mass is 330 g/mol. The molecule has 1 heterocycles. The molecule has 1 rings (SSSR count). The Morgan fingerprint density at radius 3 is 2.54 bits per heavy atom. The SMILES string of the molecule is C=C(NCC(/C=C\C)=C/CC)C1CCCN1C(=C)C(C)C(C)(C)C. The molecule has 0 aromatic carbocycles. The van der Waals surface area contributed by atoms with Crippen molar-refractivity contribution in [3.8, 4) is 0 Å². The summed E-state index contributed by atoms with van der Waals surface area (Å²) in [6.45, 7) is 24.1. The fraction of sp³-hybridized carbons (Fsp3) is 0.636. The van der Waals surface area contributed by atoms with Gasteiger partial charge in [0, 0.05) is 30.4 Å². The summed E-state index contributed by atoms with van der Waals surface area (Å²) in [6.07, 6.45) is 9.99. The average Bonchev–Trinajstić information content (AvgIpc) is 3.00. The molecule has 2 unspecified atom stereocenters. The molecule has 0 amide bonds. The molecule has 2 heteroatoms. The van der Waals surface area contributed by atoms with E-state index >= 15 is 0 Å². The van der Waals surface area contributed by atoms with Gasteiger partial charge in [-0.3, -0.25) is 0 Å². The first-order chi connectivity index (χ1) is 11.2. The molecule has 1 aliphatic rings. The summed E-state index contributed by atoms with van der Waals surface area (Å²) in [7, 11) is 0. The number of allylic oxidation sites excluding steroid dienone is 3. The first-order valence-electron chi connectivity index (χ1n) is 9.42. The summed E-state index contributed by atoms with van der Waals surface area (Å²) in [5.41, 5.74) is 3.95. The minimum atomic E-state index is 0.238. The van der Waals surface area contributed by atoms with Gasteiger partial charge in [-0.05, 0) is 37.2 Å². The number of nitrogens with zero attached hydrogens (tertiary/aromatic N) is 1. The zero-order valence-electron chi connectivity index (χ0n) is 16.8. The summed E-state index contributed by atoms with van der Waals surface area (Å²) < 4.78 is 0. The van der Waals surface area contributed by atoms with Crippen LogP contribution in [0.5, 0.6) is 0 Å². The Morgan fingerprint density at radius 1 is 1.33 bits per heavy atom. The second kappa shape index (κ2) is 9.15. The van der Waals surface area contributed by atoms with Gasteiger partial charge in [0.05, 0.1) is 6.04 Å². The highest BCUT2D eigenvalue weighted by molar-refractivity contribution is 5.22. The Morgan fingerprint density at radius 2 is 2.00 bits per heavy atom. The topological polar surface area (TPSA) is 15.3 Å². The summed E-state index contributed by atoms with van der Waals surface area (Å²) in [4.78, 5) is 2.48. The number of nitrogens with one attached hydrogen (secondary N) is 1. The maximum Gasteiger partial charge on any atom is 0.0680 e. The van der Waals surface area contributed by atoms with Crippen LogP contribution in [0.1, 0.15) is 60.8 Å². The highest BCUT2D eigenvalue weighted by Crippen LogP contribution is 2.36. The molecule has 2 atom stereocenters. The van der Waals surface area contributed by atoms with Crippen molar-refractivity contribution in [1.82, 2.24) is 10.2 Å². The third-order valence-electron chi connectivity index (χ3n) is 5.19. The van der Waals surface area contributed by atoms with Crippen LogP contribution in [-0.2, 0) is 0 Å². The van der Waals surface area contributed by atoms with Crippen LogP contribution in [0.15, 0.2) is 48.4 Å². The lowest BCUT2D eigenvalue weighted by Crippen LogP contribution is -2.38. The molecule has 136 valence electrons. The van der Waals surface area contributed by atoms with Crippen LogP contribution in [0.3, 0.4) is 0 Å². The quantitative estimate of drug-likeness (QED) is 0.577. The van der Waals surface area contributed by atoms with E-state index in [1.807, 2.05) is 0 Å². The number of hydrogen-bond donors (Lipinski definition) is 1. The van der Waals surface area contributed by atoms with Crippen LogP contribution in [0, 0.1) is 11.3 Å². The van der Waals surface area contributed by atoms with Crippen LogP contribution >= 0.6 is 0 Å². The molecule has 1 N–H and O–H groups in total. The third kappa shape index (κ3) is 5.58. The van der Waals surface area contributed by atoms with Crippen molar-refractivity contribution in [2.75, 3.05) is 13.1 Å². The molecule has 0 aromatic rings. The molecular formula is C22H38N2. The lowest BCUT2D eigenvalue weighted by Gasteiger charge is -2.38. The van der Waals surface area contributed by atoms with E-state index in [4.69, 9.17) is 0 Å². The van der Waals surface area contributed by atoms with Gasteiger partial charge in [-0.25, -0.2) is 0 Å². The highest BCUT2D eigenvalue weighted by atomic mass is 15.2. The smallest absolute Gasteiger partial charge is 0.0680 e. The first kappa shape index (κ1) is 20.6. The Labute approximate surface area is 150 Å². The number of hydrogen-bond acceptors (Lipinski definition) is 2. The van der Waals surface area contributed by atoms with Gasteiger partial charge >= 0.3 is 0 Å². The Bertz CT molecular complexity index is 491. The van der Waals surface area contributed by atoms with Crippen LogP contribution in [0.4, 0.5) is 0 Å². The molecule has 1 saturated heterocycles. The van der Waals surface area contributed by atoms with Crippen molar-refractivity contribution in [2.24, 2.45) is 11.3 Å². The maximum atomic E-state index is 4.42. The van der Waals surface area contributed by atoms with E-state index in [1.165, 1.54) is 17.7 Å². The molecule has 0 aliphatic carbocycles. The lowest BCUT2D eigenvalue weighted by atomic mass is 9.80. The van der Waals surface area contributed by atoms with Crippen LogP contribution in [0.2, 0.25) is 0 Å². The van der Waals surface area contributed by atoms with Gasteiger partial charge in [0.15, 0.2) is 0 Å². The lowest BCUT2D eigenvalue weighted by molar-refractivity contribution is 0.221. The predicted molar refractivity (Wildman–Crippen MR) is 108 cm³/mol. The molecule has 1 fully saturated rings. The molecular weight excluding hydrogens is 292 g/mol. The summed E-state index contributed by atoms with van der Waals surface area (Å²) in [5.74, 6) is 0.462. The fourth-order valence-corrected chi connectivity index (χ4v) is 3.23. The van der Waals surface area contributed by atoms with Crippen LogP contribution in [-0.4, -0.2) is 24.0 Å². The van der Waals surface area contributed by atoms with Crippen molar-refractivity contribution in [3.05, 3.63) is 48.4 Å². The van der Waals surface area contributed by atoms with Crippen molar-refractivity contribution < 1.29 is 0 Å². The molecule has 0 saturated carbocycles. The van der Waals surface area contributed by atoms with Gasteiger partial charge < -0.3 is 10.2 Å². The van der Waals surface area contributed by atoms with Crippen molar-refractivity contribution in [1.29, 1.82) is 0 Å². The predicted octanol–water partition coefficient (Wildman–Crippen LogP) is 5.66. The van der Waals surface area contributed by atoms with Gasteiger partial charge in [0.2, 0.25) is 0 Å². The van der Waals surface area contributed by atoms with E-state index in [2.05, 4.69) is 83.1 Å². The number of rotatable bonds is 8. The van der Waals surface area contributed by atoms with Crippen LogP contribution < -0.4 is 5.32 Å². The van der Waals surface area contributed by atoms with E-state index in [0.29, 0.717) is 12.0 Å². The second-order valence-electron chi connectivity index (χ2n) is 8.00. The van der Waals surface area contributed by atoms with Crippen molar-refractivity contribution >= 4 is 0 Å². The number of likely N-dealkylation sites (tertiary alicyclic amines) is 1. The second-order valence-corrected chi connectivity index (χ2v) is 8.00. The van der Waals surface area contributed by atoms with E-state index in [-0.39, 0.29) is 5.41 Å². The molecule has 2 nitrogen and oxygen atoms in total. The van der Waals surface area contributed by atoms with E-state index in [9.17, 15) is 0 Å². The molecule has 24 heavy (non-hydrogen) atoms. The first-order valence-corrected chi connectivity index (χ1v) is 9.42. The molecule has 0 radical (unpaired) electrons.